The SMILES string of the molecule is COc1cccc(C(=O)NC[C@@H](C)Oc2cccc(CN(C)Cc3cscn3)c2)c1OC. The molecule has 0 bridgehead atoms. The number of aromatic nitrogens is 1. The maximum absolute atomic E-state index is 12.6. The minimum Gasteiger partial charge on any atom is -0.493 e. The van der Waals surface area contributed by atoms with Crippen LogP contribution < -0.4 is 19.5 Å². The van der Waals surface area contributed by atoms with E-state index in [-0.39, 0.29) is 12.0 Å². The molecule has 0 unspecified atom stereocenters. The van der Waals surface area contributed by atoms with Gasteiger partial charge in [-0.3, -0.25) is 9.69 Å². The molecule has 0 fully saturated rings. The number of nitrogens with one attached hydrogen (secondary N) is 1. The van der Waals surface area contributed by atoms with Crippen LogP contribution in [0.1, 0.15) is 28.5 Å². The molecule has 32 heavy (non-hydrogen) atoms. The first-order valence-electron chi connectivity index (χ1n) is 10.3. The van der Waals surface area contributed by atoms with Gasteiger partial charge in [-0.15, -0.1) is 11.3 Å². The smallest absolute Gasteiger partial charge is 0.255 e. The Labute approximate surface area is 193 Å². The van der Waals surface area contributed by atoms with Gasteiger partial charge in [-0.1, -0.05) is 18.2 Å². The molecule has 2 aromatic carbocycles. The van der Waals surface area contributed by atoms with E-state index in [1.807, 2.05) is 30.6 Å². The molecule has 3 aromatic rings. The van der Waals surface area contributed by atoms with E-state index in [1.165, 1.54) is 7.11 Å². The van der Waals surface area contributed by atoms with Crippen molar-refractivity contribution >= 4 is 17.2 Å². The van der Waals surface area contributed by atoms with Gasteiger partial charge in [0, 0.05) is 18.5 Å². The molecule has 0 radical (unpaired) electrons. The van der Waals surface area contributed by atoms with Crippen molar-refractivity contribution in [1.29, 1.82) is 0 Å². The summed E-state index contributed by atoms with van der Waals surface area (Å²) in [5.74, 6) is 1.45. The average molecular weight is 456 g/mol. The number of carbonyl (C=O) groups is 1. The highest BCUT2D eigenvalue weighted by Gasteiger charge is 2.17. The van der Waals surface area contributed by atoms with Crippen LogP contribution >= 0.6 is 11.3 Å². The van der Waals surface area contributed by atoms with Crippen LogP contribution in [0, 0.1) is 0 Å². The highest BCUT2D eigenvalue weighted by molar-refractivity contribution is 7.07. The number of rotatable bonds is 11. The van der Waals surface area contributed by atoms with Gasteiger partial charge in [0.05, 0.1) is 37.5 Å². The van der Waals surface area contributed by atoms with Crippen molar-refractivity contribution in [2.45, 2.75) is 26.1 Å². The zero-order chi connectivity index (χ0) is 22.9. The Bertz CT molecular complexity index is 1010. The summed E-state index contributed by atoms with van der Waals surface area (Å²) in [5, 5.41) is 4.97. The van der Waals surface area contributed by atoms with Crippen LogP contribution in [0.4, 0.5) is 0 Å². The molecule has 170 valence electrons. The predicted octanol–water partition coefficient (Wildman–Crippen LogP) is 3.99. The molecule has 0 aliphatic carbocycles. The molecule has 1 heterocycles. The second kappa shape index (κ2) is 11.5. The number of methoxy groups -OCH3 is 2. The van der Waals surface area contributed by atoms with E-state index >= 15 is 0 Å². The minimum absolute atomic E-state index is 0.210. The number of carbonyl (C=O) groups excluding carboxylic acids is 1. The summed E-state index contributed by atoms with van der Waals surface area (Å²) < 4.78 is 16.6. The first-order valence-corrected chi connectivity index (χ1v) is 11.2. The third-order valence-corrected chi connectivity index (χ3v) is 5.44. The Kier molecular flexibility index (Phi) is 8.47. The lowest BCUT2D eigenvalue weighted by Crippen LogP contribution is -2.33. The van der Waals surface area contributed by atoms with E-state index in [2.05, 4.69) is 33.7 Å². The van der Waals surface area contributed by atoms with Gasteiger partial charge < -0.3 is 19.5 Å². The summed E-state index contributed by atoms with van der Waals surface area (Å²) >= 11 is 1.61. The van der Waals surface area contributed by atoms with E-state index in [9.17, 15) is 4.79 Å². The van der Waals surface area contributed by atoms with Gasteiger partial charge in [0.2, 0.25) is 0 Å². The lowest BCUT2D eigenvalue weighted by Gasteiger charge is -2.19. The standard InChI is InChI=1S/C24H29N3O4S/c1-17(12-25-24(28)21-9-6-10-22(29-3)23(21)30-4)31-20-8-5-7-18(11-20)13-27(2)14-19-15-32-16-26-19/h5-11,15-17H,12-14H2,1-4H3,(H,25,28)/t17-/m1/s1. The van der Waals surface area contributed by atoms with E-state index in [0.29, 0.717) is 23.6 Å². The lowest BCUT2D eigenvalue weighted by molar-refractivity contribution is 0.0928. The highest BCUT2D eigenvalue weighted by Crippen LogP contribution is 2.30. The summed E-state index contributed by atoms with van der Waals surface area (Å²) in [7, 11) is 5.12. The van der Waals surface area contributed by atoms with Crippen molar-refractivity contribution in [1.82, 2.24) is 15.2 Å². The van der Waals surface area contributed by atoms with Crippen molar-refractivity contribution in [2.75, 3.05) is 27.8 Å². The number of nitrogens with zero attached hydrogens (tertiary/aromatic N) is 2. The summed E-state index contributed by atoms with van der Waals surface area (Å²) in [6.07, 6.45) is -0.210. The van der Waals surface area contributed by atoms with Crippen molar-refractivity contribution in [3.8, 4) is 17.2 Å². The zero-order valence-electron chi connectivity index (χ0n) is 18.8. The van der Waals surface area contributed by atoms with Gasteiger partial charge in [0.15, 0.2) is 11.5 Å². The van der Waals surface area contributed by atoms with Gasteiger partial charge in [-0.25, -0.2) is 4.98 Å². The molecule has 1 amide bonds. The Morgan fingerprint density at radius 1 is 1.16 bits per heavy atom. The Morgan fingerprint density at radius 3 is 2.69 bits per heavy atom. The molecular weight excluding hydrogens is 426 g/mol. The molecule has 7 nitrogen and oxygen atoms in total. The van der Waals surface area contributed by atoms with E-state index in [4.69, 9.17) is 14.2 Å². The van der Waals surface area contributed by atoms with Crippen molar-refractivity contribution in [3.63, 3.8) is 0 Å². The fraction of sp³-hybridized carbons (Fsp3) is 0.333. The molecule has 0 aliphatic rings. The molecule has 1 N–H and O–H groups in total. The van der Waals surface area contributed by atoms with Gasteiger partial charge in [-0.05, 0) is 43.8 Å². The number of amides is 1. The second-order valence-corrected chi connectivity index (χ2v) is 8.20. The number of para-hydroxylation sites is 1. The van der Waals surface area contributed by atoms with Gasteiger partial charge in [0.1, 0.15) is 11.9 Å². The maximum Gasteiger partial charge on any atom is 0.255 e. The van der Waals surface area contributed by atoms with Gasteiger partial charge in [0.25, 0.3) is 5.91 Å². The first-order chi connectivity index (χ1) is 15.5. The van der Waals surface area contributed by atoms with Crippen LogP contribution in [0.3, 0.4) is 0 Å². The number of thiazole rings is 1. The number of hydrogen-bond donors (Lipinski definition) is 1. The normalized spacial score (nSPS) is 11.8. The minimum atomic E-state index is -0.242. The predicted molar refractivity (Wildman–Crippen MR) is 126 cm³/mol. The molecule has 0 saturated carbocycles. The van der Waals surface area contributed by atoms with Crippen LogP contribution in [-0.2, 0) is 13.1 Å². The molecule has 1 atom stereocenters. The van der Waals surface area contributed by atoms with Crippen LogP contribution in [0.2, 0.25) is 0 Å². The summed E-state index contributed by atoms with van der Waals surface area (Å²) in [4.78, 5) is 19.2. The largest absolute Gasteiger partial charge is 0.493 e. The molecule has 0 saturated heterocycles. The topological polar surface area (TPSA) is 72.9 Å². The number of ether oxygens (including phenoxy) is 3. The van der Waals surface area contributed by atoms with Gasteiger partial charge in [-0.2, -0.15) is 0 Å². The van der Waals surface area contributed by atoms with Crippen LogP contribution in [0.5, 0.6) is 17.2 Å². The summed E-state index contributed by atoms with van der Waals surface area (Å²) in [5.41, 5.74) is 4.49. The van der Waals surface area contributed by atoms with Crippen LogP contribution in [-0.4, -0.2) is 49.7 Å². The fourth-order valence-corrected chi connectivity index (χ4v) is 3.90. The quantitative estimate of drug-likeness (QED) is 0.471. The molecule has 0 aliphatic heterocycles. The lowest BCUT2D eigenvalue weighted by atomic mass is 10.1. The maximum atomic E-state index is 12.6. The summed E-state index contributed by atoms with van der Waals surface area (Å²) in [6.45, 7) is 3.86. The Balaban J connectivity index is 1.53. The third kappa shape index (κ3) is 6.45. The monoisotopic (exact) mass is 455 g/mol. The highest BCUT2D eigenvalue weighted by atomic mass is 32.1. The Morgan fingerprint density at radius 2 is 1.97 bits per heavy atom. The van der Waals surface area contributed by atoms with E-state index < -0.39 is 0 Å². The molecular formula is C24H29N3O4S. The molecule has 1 aromatic heterocycles. The number of benzene rings is 2. The van der Waals surface area contributed by atoms with Gasteiger partial charge >= 0.3 is 0 Å². The molecule has 0 spiro atoms. The third-order valence-electron chi connectivity index (χ3n) is 4.80. The van der Waals surface area contributed by atoms with Crippen molar-refractivity contribution in [3.05, 3.63) is 70.2 Å². The molecule has 8 heteroatoms. The zero-order valence-corrected chi connectivity index (χ0v) is 19.6. The first kappa shape index (κ1) is 23.6. The van der Waals surface area contributed by atoms with E-state index in [1.54, 1.807) is 36.6 Å². The second-order valence-electron chi connectivity index (χ2n) is 7.48. The van der Waals surface area contributed by atoms with Crippen LogP contribution in [0.25, 0.3) is 0 Å². The Hall–Kier alpha value is -3.10. The average Bonchev–Trinajstić information content (AvgIpc) is 3.29. The van der Waals surface area contributed by atoms with Crippen molar-refractivity contribution in [2.24, 2.45) is 0 Å². The number of hydrogen-bond acceptors (Lipinski definition) is 7. The fourth-order valence-electron chi connectivity index (χ4n) is 3.35. The van der Waals surface area contributed by atoms with E-state index in [0.717, 1.165) is 30.1 Å². The summed E-state index contributed by atoms with van der Waals surface area (Å²) in [6, 6.07) is 13.2. The van der Waals surface area contributed by atoms with Crippen LogP contribution in [0.15, 0.2) is 53.4 Å². The van der Waals surface area contributed by atoms with Crippen molar-refractivity contribution < 1.29 is 19.0 Å². The molecule has 3 rings (SSSR count).